The van der Waals surface area contributed by atoms with Gasteiger partial charge in [0.15, 0.2) is 0 Å². The molecule has 0 saturated heterocycles. The van der Waals surface area contributed by atoms with Crippen molar-refractivity contribution in [3.63, 3.8) is 0 Å². The summed E-state index contributed by atoms with van der Waals surface area (Å²) in [4.78, 5) is 0. The van der Waals surface area contributed by atoms with Gasteiger partial charge in [0.2, 0.25) is 0 Å². The second-order valence-corrected chi connectivity index (χ2v) is 3.80. The lowest BCUT2D eigenvalue weighted by atomic mass is 9.92. The van der Waals surface area contributed by atoms with Crippen LogP contribution in [0.5, 0.6) is 0 Å². The molecule has 68 valence electrons. The van der Waals surface area contributed by atoms with Crippen LogP contribution in [0.3, 0.4) is 0 Å². The molecule has 0 spiro atoms. The van der Waals surface area contributed by atoms with Gasteiger partial charge in [0.05, 0.1) is 0 Å². The van der Waals surface area contributed by atoms with E-state index in [0.29, 0.717) is 0 Å². The van der Waals surface area contributed by atoms with E-state index in [-0.39, 0.29) is 0 Å². The molecule has 0 radical (unpaired) electrons. The lowest BCUT2D eigenvalue weighted by Gasteiger charge is -2.16. The van der Waals surface area contributed by atoms with Crippen molar-refractivity contribution >= 4 is 0 Å². The van der Waals surface area contributed by atoms with Gasteiger partial charge in [-0.05, 0) is 38.3 Å². The lowest BCUT2D eigenvalue weighted by Crippen LogP contribution is -2.14. The van der Waals surface area contributed by atoms with Crippen LogP contribution in [0, 0.1) is 11.8 Å². The third-order valence-electron chi connectivity index (χ3n) is 2.18. The van der Waals surface area contributed by atoms with E-state index in [1.165, 1.54) is 25.8 Å². The molecule has 0 rings (SSSR count). The zero-order chi connectivity index (χ0) is 8.69. The van der Waals surface area contributed by atoms with Crippen LogP contribution in [0.4, 0.5) is 0 Å². The topological polar surface area (TPSA) is 12.0 Å². The zero-order valence-electron chi connectivity index (χ0n) is 8.48. The molecule has 1 heteroatoms. The van der Waals surface area contributed by atoms with Crippen LogP contribution in [0.1, 0.15) is 40.0 Å². The summed E-state index contributed by atoms with van der Waals surface area (Å²) in [6, 6.07) is 0. The molecule has 1 atom stereocenters. The molecule has 0 bridgehead atoms. The Hall–Kier alpha value is -0.0400. The van der Waals surface area contributed by atoms with E-state index in [4.69, 9.17) is 0 Å². The Kier molecular flexibility index (Phi) is 6.63. The van der Waals surface area contributed by atoms with Crippen molar-refractivity contribution < 1.29 is 0 Å². The fourth-order valence-electron chi connectivity index (χ4n) is 1.50. The first-order valence-corrected chi connectivity index (χ1v) is 4.85. The zero-order valence-corrected chi connectivity index (χ0v) is 8.48. The minimum absolute atomic E-state index is 0.858. The van der Waals surface area contributed by atoms with Crippen molar-refractivity contribution in [2.45, 2.75) is 40.0 Å². The Bertz CT molecular complexity index is 78.9. The van der Waals surface area contributed by atoms with Gasteiger partial charge in [-0.2, -0.15) is 0 Å². The van der Waals surface area contributed by atoms with Gasteiger partial charge in [0.25, 0.3) is 0 Å². The molecule has 0 aromatic rings. The summed E-state index contributed by atoms with van der Waals surface area (Å²) in [7, 11) is 2.03. The number of hydrogen-bond donors (Lipinski definition) is 1. The summed E-state index contributed by atoms with van der Waals surface area (Å²) in [6.45, 7) is 8.08. The maximum Gasteiger partial charge on any atom is -0.00493 e. The van der Waals surface area contributed by atoms with E-state index < -0.39 is 0 Å². The SMILES string of the molecule is CCC(CCNC)CC(C)C. The monoisotopic (exact) mass is 157 g/mol. The van der Waals surface area contributed by atoms with Crippen LogP contribution in [0.2, 0.25) is 0 Å². The van der Waals surface area contributed by atoms with Crippen LogP contribution in [-0.2, 0) is 0 Å². The van der Waals surface area contributed by atoms with Crippen LogP contribution in [0.25, 0.3) is 0 Å². The molecule has 0 aliphatic carbocycles. The van der Waals surface area contributed by atoms with Gasteiger partial charge in [-0.3, -0.25) is 0 Å². The quantitative estimate of drug-likeness (QED) is 0.625. The minimum Gasteiger partial charge on any atom is -0.320 e. The number of rotatable bonds is 6. The minimum atomic E-state index is 0.858. The summed E-state index contributed by atoms with van der Waals surface area (Å²) >= 11 is 0. The van der Waals surface area contributed by atoms with Crippen LogP contribution < -0.4 is 5.32 Å². The average Bonchev–Trinajstić information content (AvgIpc) is 1.97. The molecule has 0 amide bonds. The van der Waals surface area contributed by atoms with E-state index in [1.807, 2.05) is 7.05 Å². The second-order valence-electron chi connectivity index (χ2n) is 3.80. The summed E-state index contributed by atoms with van der Waals surface area (Å²) in [5.41, 5.74) is 0. The molecule has 0 fully saturated rings. The summed E-state index contributed by atoms with van der Waals surface area (Å²) < 4.78 is 0. The highest BCUT2D eigenvalue weighted by Crippen LogP contribution is 2.17. The molecular weight excluding hydrogens is 134 g/mol. The highest BCUT2D eigenvalue weighted by atomic mass is 14.8. The summed E-state index contributed by atoms with van der Waals surface area (Å²) in [5.74, 6) is 1.79. The van der Waals surface area contributed by atoms with Crippen molar-refractivity contribution in [1.82, 2.24) is 5.32 Å². The number of nitrogens with one attached hydrogen (secondary N) is 1. The Morgan fingerprint density at radius 1 is 1.27 bits per heavy atom. The number of hydrogen-bond acceptors (Lipinski definition) is 1. The van der Waals surface area contributed by atoms with E-state index in [1.54, 1.807) is 0 Å². The lowest BCUT2D eigenvalue weighted by molar-refractivity contribution is 0.373. The molecule has 11 heavy (non-hydrogen) atoms. The van der Waals surface area contributed by atoms with Crippen molar-refractivity contribution in [1.29, 1.82) is 0 Å². The molecule has 0 aromatic carbocycles. The molecule has 1 nitrogen and oxygen atoms in total. The van der Waals surface area contributed by atoms with Gasteiger partial charge in [-0.25, -0.2) is 0 Å². The predicted molar refractivity (Wildman–Crippen MR) is 51.8 cm³/mol. The van der Waals surface area contributed by atoms with Crippen molar-refractivity contribution in [3.05, 3.63) is 0 Å². The van der Waals surface area contributed by atoms with Crippen LogP contribution in [-0.4, -0.2) is 13.6 Å². The third kappa shape index (κ3) is 6.36. The second kappa shape index (κ2) is 6.66. The highest BCUT2D eigenvalue weighted by Gasteiger charge is 2.07. The Morgan fingerprint density at radius 2 is 1.91 bits per heavy atom. The van der Waals surface area contributed by atoms with E-state index >= 15 is 0 Å². The maximum absolute atomic E-state index is 3.21. The van der Waals surface area contributed by atoms with Crippen LogP contribution >= 0.6 is 0 Å². The van der Waals surface area contributed by atoms with Gasteiger partial charge >= 0.3 is 0 Å². The van der Waals surface area contributed by atoms with Crippen molar-refractivity contribution in [3.8, 4) is 0 Å². The Labute approximate surface area is 71.6 Å². The standard InChI is InChI=1S/C10H23N/c1-5-10(6-7-11-4)8-9(2)3/h9-11H,5-8H2,1-4H3. The largest absolute Gasteiger partial charge is 0.320 e. The highest BCUT2D eigenvalue weighted by molar-refractivity contribution is 4.60. The predicted octanol–water partition coefficient (Wildman–Crippen LogP) is 2.67. The fraction of sp³-hybridized carbons (Fsp3) is 1.00. The molecule has 1 N–H and O–H groups in total. The average molecular weight is 157 g/mol. The first-order valence-electron chi connectivity index (χ1n) is 4.85. The molecule has 0 aromatic heterocycles. The normalized spacial score (nSPS) is 13.9. The first-order chi connectivity index (χ1) is 5.20. The van der Waals surface area contributed by atoms with Crippen molar-refractivity contribution in [2.75, 3.05) is 13.6 Å². The molecular formula is C10H23N. The van der Waals surface area contributed by atoms with E-state index in [9.17, 15) is 0 Å². The van der Waals surface area contributed by atoms with Gasteiger partial charge < -0.3 is 5.32 Å². The Morgan fingerprint density at radius 3 is 2.27 bits per heavy atom. The van der Waals surface area contributed by atoms with E-state index in [0.717, 1.165) is 11.8 Å². The third-order valence-corrected chi connectivity index (χ3v) is 2.18. The first kappa shape index (κ1) is 11.0. The molecule has 0 heterocycles. The maximum atomic E-state index is 3.21. The summed E-state index contributed by atoms with van der Waals surface area (Å²) in [6.07, 6.45) is 4.06. The van der Waals surface area contributed by atoms with Gasteiger partial charge in [0, 0.05) is 0 Å². The van der Waals surface area contributed by atoms with Gasteiger partial charge in [-0.1, -0.05) is 27.2 Å². The molecule has 0 aliphatic heterocycles. The van der Waals surface area contributed by atoms with Gasteiger partial charge in [-0.15, -0.1) is 0 Å². The van der Waals surface area contributed by atoms with Crippen molar-refractivity contribution in [2.24, 2.45) is 11.8 Å². The van der Waals surface area contributed by atoms with Crippen LogP contribution in [0.15, 0.2) is 0 Å². The van der Waals surface area contributed by atoms with Gasteiger partial charge in [0.1, 0.15) is 0 Å². The fourth-order valence-corrected chi connectivity index (χ4v) is 1.50. The molecule has 0 aliphatic rings. The smallest absolute Gasteiger partial charge is 0.00493 e. The van der Waals surface area contributed by atoms with E-state index in [2.05, 4.69) is 26.1 Å². The Balaban J connectivity index is 3.41. The summed E-state index contributed by atoms with van der Waals surface area (Å²) in [5, 5.41) is 3.21. The molecule has 1 unspecified atom stereocenters. The molecule has 0 saturated carbocycles.